The molecule has 0 amide bonds. The molecule has 2 rings (SSSR count). The van der Waals surface area contributed by atoms with E-state index in [0.29, 0.717) is 5.92 Å². The molecule has 0 bridgehead atoms. The summed E-state index contributed by atoms with van der Waals surface area (Å²) in [5.41, 5.74) is 10.4. The van der Waals surface area contributed by atoms with Crippen molar-refractivity contribution in [1.29, 1.82) is 0 Å². The number of benzene rings is 1. The Labute approximate surface area is 112 Å². The molecule has 3 N–H and O–H groups in total. The molecule has 0 aliphatic heterocycles. The van der Waals surface area contributed by atoms with Crippen LogP contribution in [0.1, 0.15) is 24.2 Å². The highest BCUT2D eigenvalue weighted by Gasteiger charge is 2.14. The molecule has 3 nitrogen and oxygen atoms in total. The summed E-state index contributed by atoms with van der Waals surface area (Å²) in [5, 5.41) is 5.47. The van der Waals surface area contributed by atoms with Crippen LogP contribution in [-0.4, -0.2) is 11.5 Å². The highest BCUT2D eigenvalue weighted by Crippen LogP contribution is 2.18. The molecule has 0 saturated heterocycles. The van der Waals surface area contributed by atoms with Crippen molar-refractivity contribution in [3.05, 3.63) is 52.5 Å². The standard InChI is InChI=1S/C14H19N3S/c1-11(7-16-8-13-9-18-10-17-13)14(15)12-5-3-2-4-6-12/h2-6,9-11,14,16H,7-8,15H2,1H3. The Morgan fingerprint density at radius 2 is 2.11 bits per heavy atom. The fraction of sp³-hybridized carbons (Fsp3) is 0.357. The van der Waals surface area contributed by atoms with Crippen LogP contribution >= 0.6 is 11.3 Å². The molecule has 0 saturated carbocycles. The first kappa shape index (κ1) is 13.2. The van der Waals surface area contributed by atoms with Crippen LogP contribution in [0.2, 0.25) is 0 Å². The van der Waals surface area contributed by atoms with Crippen LogP contribution in [-0.2, 0) is 6.54 Å². The average Bonchev–Trinajstić information content (AvgIpc) is 2.92. The lowest BCUT2D eigenvalue weighted by Crippen LogP contribution is -2.29. The Balaban J connectivity index is 1.79. The van der Waals surface area contributed by atoms with E-state index in [1.807, 2.05) is 23.7 Å². The zero-order chi connectivity index (χ0) is 12.8. The SMILES string of the molecule is CC(CNCc1cscn1)C(N)c1ccccc1. The minimum atomic E-state index is 0.0779. The molecule has 2 unspecified atom stereocenters. The van der Waals surface area contributed by atoms with Crippen LogP contribution in [0, 0.1) is 5.92 Å². The van der Waals surface area contributed by atoms with Gasteiger partial charge in [-0.3, -0.25) is 0 Å². The van der Waals surface area contributed by atoms with Crippen molar-refractivity contribution in [2.75, 3.05) is 6.54 Å². The molecule has 0 spiro atoms. The van der Waals surface area contributed by atoms with Crippen LogP contribution in [0.3, 0.4) is 0 Å². The minimum absolute atomic E-state index is 0.0779. The van der Waals surface area contributed by atoms with Crippen LogP contribution in [0.25, 0.3) is 0 Å². The molecule has 4 heteroatoms. The van der Waals surface area contributed by atoms with Gasteiger partial charge in [0.2, 0.25) is 0 Å². The Hall–Kier alpha value is -1.23. The highest BCUT2D eigenvalue weighted by molar-refractivity contribution is 7.07. The maximum absolute atomic E-state index is 6.24. The lowest BCUT2D eigenvalue weighted by atomic mass is 9.95. The summed E-state index contributed by atoms with van der Waals surface area (Å²) in [6.45, 7) is 3.88. The summed E-state index contributed by atoms with van der Waals surface area (Å²) in [7, 11) is 0. The van der Waals surface area contributed by atoms with Crippen molar-refractivity contribution in [3.63, 3.8) is 0 Å². The number of hydrogen-bond donors (Lipinski definition) is 2. The lowest BCUT2D eigenvalue weighted by molar-refractivity contribution is 0.433. The molecule has 0 aliphatic carbocycles. The molecule has 18 heavy (non-hydrogen) atoms. The summed E-state index contributed by atoms with van der Waals surface area (Å²) < 4.78 is 0. The number of rotatable bonds is 6. The van der Waals surface area contributed by atoms with E-state index in [2.05, 4.69) is 34.7 Å². The van der Waals surface area contributed by atoms with Gasteiger partial charge in [0, 0.05) is 18.0 Å². The first-order chi connectivity index (χ1) is 8.77. The van der Waals surface area contributed by atoms with Crippen molar-refractivity contribution in [2.24, 2.45) is 11.7 Å². The molecule has 2 atom stereocenters. The van der Waals surface area contributed by atoms with Gasteiger partial charge in [-0.15, -0.1) is 11.3 Å². The fourth-order valence-corrected chi connectivity index (χ4v) is 2.44. The molecule has 1 aromatic carbocycles. The molecule has 0 fully saturated rings. The van der Waals surface area contributed by atoms with E-state index in [9.17, 15) is 0 Å². The van der Waals surface area contributed by atoms with Gasteiger partial charge in [0.25, 0.3) is 0 Å². The van der Waals surface area contributed by atoms with Crippen molar-refractivity contribution < 1.29 is 0 Å². The third-order valence-corrected chi connectivity index (χ3v) is 3.69. The van der Waals surface area contributed by atoms with Crippen molar-refractivity contribution in [2.45, 2.75) is 19.5 Å². The first-order valence-corrected chi connectivity index (χ1v) is 7.10. The molecule has 0 aliphatic rings. The molecule has 96 valence electrons. The monoisotopic (exact) mass is 261 g/mol. The molecular weight excluding hydrogens is 242 g/mol. The smallest absolute Gasteiger partial charge is 0.0795 e. The second kappa shape index (κ2) is 6.64. The number of nitrogens with one attached hydrogen (secondary N) is 1. The van der Waals surface area contributed by atoms with E-state index in [-0.39, 0.29) is 6.04 Å². The molecular formula is C14H19N3S. The van der Waals surface area contributed by atoms with Gasteiger partial charge in [-0.1, -0.05) is 37.3 Å². The normalized spacial score (nSPS) is 14.3. The molecule has 1 aromatic heterocycles. The Morgan fingerprint density at radius 3 is 2.78 bits per heavy atom. The average molecular weight is 261 g/mol. The van der Waals surface area contributed by atoms with E-state index < -0.39 is 0 Å². The predicted octanol–water partition coefficient (Wildman–Crippen LogP) is 2.57. The van der Waals surface area contributed by atoms with Crippen molar-refractivity contribution in [3.8, 4) is 0 Å². The van der Waals surface area contributed by atoms with Crippen LogP contribution in [0.15, 0.2) is 41.2 Å². The number of nitrogens with two attached hydrogens (primary N) is 1. The maximum Gasteiger partial charge on any atom is 0.0795 e. The Kier molecular flexibility index (Phi) is 4.87. The van der Waals surface area contributed by atoms with Crippen LogP contribution < -0.4 is 11.1 Å². The first-order valence-electron chi connectivity index (χ1n) is 6.15. The summed E-state index contributed by atoms with van der Waals surface area (Å²) in [6.07, 6.45) is 0. The lowest BCUT2D eigenvalue weighted by Gasteiger charge is -2.20. The fourth-order valence-electron chi connectivity index (χ4n) is 1.88. The van der Waals surface area contributed by atoms with E-state index in [1.165, 1.54) is 5.56 Å². The van der Waals surface area contributed by atoms with E-state index in [1.54, 1.807) is 11.3 Å². The van der Waals surface area contributed by atoms with Gasteiger partial charge in [-0.05, 0) is 18.0 Å². The van der Waals surface area contributed by atoms with Gasteiger partial charge in [-0.2, -0.15) is 0 Å². The maximum atomic E-state index is 6.24. The van der Waals surface area contributed by atoms with Gasteiger partial charge in [0.05, 0.1) is 11.2 Å². The molecule has 0 radical (unpaired) electrons. The summed E-state index contributed by atoms with van der Waals surface area (Å²) in [4.78, 5) is 4.24. The quantitative estimate of drug-likeness (QED) is 0.840. The van der Waals surface area contributed by atoms with E-state index in [0.717, 1.165) is 18.8 Å². The van der Waals surface area contributed by atoms with Gasteiger partial charge in [-0.25, -0.2) is 4.98 Å². The number of thiazole rings is 1. The summed E-state index contributed by atoms with van der Waals surface area (Å²) >= 11 is 1.63. The van der Waals surface area contributed by atoms with Crippen LogP contribution in [0.4, 0.5) is 0 Å². The zero-order valence-corrected chi connectivity index (χ0v) is 11.4. The van der Waals surface area contributed by atoms with Gasteiger partial charge in [0.1, 0.15) is 0 Å². The number of aromatic nitrogens is 1. The second-order valence-electron chi connectivity index (χ2n) is 4.52. The number of hydrogen-bond acceptors (Lipinski definition) is 4. The largest absolute Gasteiger partial charge is 0.324 e. The van der Waals surface area contributed by atoms with Crippen LogP contribution in [0.5, 0.6) is 0 Å². The Bertz CT molecular complexity index is 441. The Morgan fingerprint density at radius 1 is 1.33 bits per heavy atom. The van der Waals surface area contributed by atoms with E-state index >= 15 is 0 Å². The predicted molar refractivity (Wildman–Crippen MR) is 76.4 cm³/mol. The second-order valence-corrected chi connectivity index (χ2v) is 5.24. The highest BCUT2D eigenvalue weighted by atomic mass is 32.1. The van der Waals surface area contributed by atoms with Gasteiger partial charge in [0.15, 0.2) is 0 Å². The van der Waals surface area contributed by atoms with Gasteiger partial charge >= 0.3 is 0 Å². The number of nitrogens with zero attached hydrogens (tertiary/aromatic N) is 1. The third-order valence-electron chi connectivity index (χ3n) is 3.05. The minimum Gasteiger partial charge on any atom is -0.324 e. The molecule has 2 aromatic rings. The van der Waals surface area contributed by atoms with Crippen molar-refractivity contribution in [1.82, 2.24) is 10.3 Å². The van der Waals surface area contributed by atoms with Crippen molar-refractivity contribution >= 4 is 11.3 Å². The third kappa shape index (κ3) is 3.63. The molecule has 1 heterocycles. The topological polar surface area (TPSA) is 50.9 Å². The van der Waals surface area contributed by atoms with Gasteiger partial charge < -0.3 is 11.1 Å². The summed E-state index contributed by atoms with van der Waals surface area (Å²) in [6, 6.07) is 10.3. The van der Waals surface area contributed by atoms with E-state index in [4.69, 9.17) is 5.73 Å². The zero-order valence-electron chi connectivity index (χ0n) is 10.5. The summed E-state index contributed by atoms with van der Waals surface area (Å²) in [5.74, 6) is 0.394.